The fourth-order valence-corrected chi connectivity index (χ4v) is 1.87. The molecule has 0 saturated carbocycles. The molecule has 2 N–H and O–H groups in total. The summed E-state index contributed by atoms with van der Waals surface area (Å²) in [4.78, 5) is 14.8. The van der Waals surface area contributed by atoms with E-state index in [0.717, 1.165) is 22.6 Å². The smallest absolute Gasteiger partial charge is 0.227 e. The van der Waals surface area contributed by atoms with Crippen LogP contribution in [-0.2, 0) is 0 Å². The Kier molecular flexibility index (Phi) is 4.70. The molecule has 0 spiro atoms. The third-order valence-corrected chi connectivity index (χ3v) is 3.31. The van der Waals surface area contributed by atoms with Gasteiger partial charge in [-0.1, -0.05) is 6.07 Å². The quantitative estimate of drug-likeness (QED) is 0.872. The maximum absolute atomic E-state index is 10.2. The number of hydrogen-bond acceptors (Lipinski definition) is 6. The average molecular weight is 287 g/mol. The van der Waals surface area contributed by atoms with Gasteiger partial charge in [0.1, 0.15) is 5.82 Å². The van der Waals surface area contributed by atoms with Crippen LogP contribution in [0, 0.1) is 13.8 Å². The molecular formula is C15H21N5O. The van der Waals surface area contributed by atoms with Crippen molar-refractivity contribution in [1.29, 1.82) is 0 Å². The molecule has 0 saturated heterocycles. The largest absolute Gasteiger partial charge is 0.387 e. The molecule has 6 heteroatoms. The minimum absolute atomic E-state index is 0.371. The number of aliphatic hydroxyl groups excluding tert-OH is 1. The van der Waals surface area contributed by atoms with Crippen LogP contribution in [0.3, 0.4) is 0 Å². The van der Waals surface area contributed by atoms with Crippen molar-refractivity contribution in [3.8, 4) is 0 Å². The molecule has 0 fully saturated rings. The zero-order valence-electron chi connectivity index (χ0n) is 12.8. The fraction of sp³-hybridized carbons (Fsp3) is 0.400. The molecule has 2 aromatic heterocycles. The van der Waals surface area contributed by atoms with Gasteiger partial charge >= 0.3 is 0 Å². The van der Waals surface area contributed by atoms with Crippen LogP contribution < -0.4 is 10.2 Å². The number of pyridine rings is 1. The Labute approximate surface area is 124 Å². The van der Waals surface area contributed by atoms with Gasteiger partial charge < -0.3 is 15.3 Å². The highest BCUT2D eigenvalue weighted by Crippen LogP contribution is 2.19. The number of nitrogens with one attached hydrogen (secondary N) is 1. The molecule has 0 bridgehead atoms. The van der Waals surface area contributed by atoms with Crippen LogP contribution in [0.4, 0.5) is 11.8 Å². The molecule has 6 nitrogen and oxygen atoms in total. The Balaban J connectivity index is 2.13. The number of aryl methyl sites for hydroxylation is 1. The Morgan fingerprint density at radius 1 is 1.29 bits per heavy atom. The van der Waals surface area contributed by atoms with Crippen molar-refractivity contribution in [2.75, 3.05) is 30.9 Å². The van der Waals surface area contributed by atoms with Crippen LogP contribution >= 0.6 is 0 Å². The molecule has 1 unspecified atom stereocenters. The SMILES string of the molecule is Cc1nc(N(C)C)nc(NCC(O)c2cccnc2)c1C. The Bertz CT molecular complexity index is 601. The van der Waals surface area contributed by atoms with E-state index in [1.807, 2.05) is 45.0 Å². The van der Waals surface area contributed by atoms with Crippen LogP contribution in [0.1, 0.15) is 22.9 Å². The van der Waals surface area contributed by atoms with Gasteiger partial charge in [-0.2, -0.15) is 4.98 Å². The summed E-state index contributed by atoms with van der Waals surface area (Å²) < 4.78 is 0. The molecule has 0 aromatic carbocycles. The number of aliphatic hydroxyl groups is 1. The van der Waals surface area contributed by atoms with Crippen LogP contribution in [0.5, 0.6) is 0 Å². The van der Waals surface area contributed by atoms with Crippen LogP contribution in [-0.4, -0.2) is 40.7 Å². The van der Waals surface area contributed by atoms with Gasteiger partial charge in [0, 0.05) is 49.9 Å². The summed E-state index contributed by atoms with van der Waals surface area (Å²) in [7, 11) is 3.80. The summed E-state index contributed by atoms with van der Waals surface area (Å²) in [5.41, 5.74) is 2.69. The zero-order chi connectivity index (χ0) is 15.4. The van der Waals surface area contributed by atoms with Crippen LogP contribution in [0.2, 0.25) is 0 Å². The van der Waals surface area contributed by atoms with Crippen LogP contribution in [0.15, 0.2) is 24.5 Å². The predicted molar refractivity (Wildman–Crippen MR) is 83.5 cm³/mol. The van der Waals surface area contributed by atoms with Crippen LogP contribution in [0.25, 0.3) is 0 Å². The van der Waals surface area contributed by atoms with Gasteiger partial charge in [0.05, 0.1) is 6.10 Å². The molecule has 21 heavy (non-hydrogen) atoms. The van der Waals surface area contributed by atoms with Gasteiger partial charge in [-0.25, -0.2) is 4.98 Å². The first-order valence-corrected chi connectivity index (χ1v) is 6.83. The van der Waals surface area contributed by atoms with E-state index in [1.54, 1.807) is 12.4 Å². The number of hydrogen-bond donors (Lipinski definition) is 2. The van der Waals surface area contributed by atoms with Gasteiger partial charge in [0.15, 0.2) is 0 Å². The van der Waals surface area contributed by atoms with Gasteiger partial charge in [-0.05, 0) is 19.9 Å². The third kappa shape index (κ3) is 3.66. The number of aromatic nitrogens is 3. The summed E-state index contributed by atoms with van der Waals surface area (Å²) in [5, 5.41) is 13.4. The molecule has 2 heterocycles. The van der Waals surface area contributed by atoms with Crippen molar-refractivity contribution in [2.45, 2.75) is 20.0 Å². The second kappa shape index (κ2) is 6.49. The molecule has 1 atom stereocenters. The minimum Gasteiger partial charge on any atom is -0.387 e. The topological polar surface area (TPSA) is 74.2 Å². The third-order valence-electron chi connectivity index (χ3n) is 3.31. The summed E-state index contributed by atoms with van der Waals surface area (Å²) in [6.45, 7) is 4.29. The molecule has 112 valence electrons. The second-order valence-corrected chi connectivity index (χ2v) is 5.16. The zero-order valence-corrected chi connectivity index (χ0v) is 12.8. The maximum Gasteiger partial charge on any atom is 0.227 e. The lowest BCUT2D eigenvalue weighted by Crippen LogP contribution is -2.18. The lowest BCUT2D eigenvalue weighted by molar-refractivity contribution is 0.191. The van der Waals surface area contributed by atoms with Crippen molar-refractivity contribution in [3.63, 3.8) is 0 Å². The van der Waals surface area contributed by atoms with E-state index >= 15 is 0 Å². The molecule has 0 amide bonds. The number of rotatable bonds is 5. The monoisotopic (exact) mass is 287 g/mol. The van der Waals surface area contributed by atoms with E-state index in [4.69, 9.17) is 0 Å². The van der Waals surface area contributed by atoms with Gasteiger partial charge in [-0.3, -0.25) is 4.98 Å². The molecule has 0 radical (unpaired) electrons. The highest BCUT2D eigenvalue weighted by atomic mass is 16.3. The van der Waals surface area contributed by atoms with Crippen molar-refractivity contribution >= 4 is 11.8 Å². The lowest BCUT2D eigenvalue weighted by Gasteiger charge is -2.17. The first-order chi connectivity index (χ1) is 9.99. The van der Waals surface area contributed by atoms with Gasteiger partial charge in [0.25, 0.3) is 0 Å². The van der Waals surface area contributed by atoms with Crippen molar-refractivity contribution in [3.05, 3.63) is 41.3 Å². The van der Waals surface area contributed by atoms with E-state index < -0.39 is 6.10 Å². The van der Waals surface area contributed by atoms with Crippen molar-refractivity contribution < 1.29 is 5.11 Å². The van der Waals surface area contributed by atoms with Gasteiger partial charge in [-0.15, -0.1) is 0 Å². The maximum atomic E-state index is 10.2. The first-order valence-electron chi connectivity index (χ1n) is 6.83. The minimum atomic E-state index is -0.629. The summed E-state index contributed by atoms with van der Waals surface area (Å²) in [6.07, 6.45) is 2.72. The molecule has 2 rings (SSSR count). The molecular weight excluding hydrogens is 266 g/mol. The van der Waals surface area contributed by atoms with Gasteiger partial charge in [0.2, 0.25) is 5.95 Å². The van der Waals surface area contributed by atoms with E-state index in [0.29, 0.717) is 12.5 Å². The normalized spacial score (nSPS) is 12.0. The van der Waals surface area contributed by atoms with E-state index in [-0.39, 0.29) is 0 Å². The first kappa shape index (κ1) is 15.2. The highest BCUT2D eigenvalue weighted by molar-refractivity contribution is 5.50. The Hall–Kier alpha value is -2.21. The highest BCUT2D eigenvalue weighted by Gasteiger charge is 2.12. The van der Waals surface area contributed by atoms with Crippen molar-refractivity contribution in [2.24, 2.45) is 0 Å². The lowest BCUT2D eigenvalue weighted by atomic mass is 10.1. The molecule has 0 aliphatic rings. The molecule has 0 aliphatic heterocycles. The fourth-order valence-electron chi connectivity index (χ4n) is 1.87. The number of anilines is 2. The predicted octanol–water partition coefficient (Wildman–Crippen LogP) is 1.70. The Morgan fingerprint density at radius 3 is 2.67 bits per heavy atom. The number of nitrogens with zero attached hydrogens (tertiary/aromatic N) is 4. The average Bonchev–Trinajstić information content (AvgIpc) is 2.49. The van der Waals surface area contributed by atoms with E-state index in [9.17, 15) is 5.11 Å². The molecule has 0 aliphatic carbocycles. The summed E-state index contributed by atoms with van der Waals surface area (Å²) in [5.74, 6) is 1.39. The standard InChI is InChI=1S/C15H21N5O/c1-10-11(2)18-15(20(3)4)19-14(10)17-9-13(21)12-6-5-7-16-8-12/h5-8,13,21H,9H2,1-4H3,(H,17,18,19). The molecule has 2 aromatic rings. The van der Waals surface area contributed by atoms with Crippen molar-refractivity contribution in [1.82, 2.24) is 15.0 Å². The Morgan fingerprint density at radius 2 is 2.05 bits per heavy atom. The van der Waals surface area contributed by atoms with E-state index in [2.05, 4.69) is 20.3 Å². The van der Waals surface area contributed by atoms with E-state index in [1.165, 1.54) is 0 Å². The summed E-state index contributed by atoms with van der Waals surface area (Å²) in [6, 6.07) is 3.66. The summed E-state index contributed by atoms with van der Waals surface area (Å²) >= 11 is 0. The second-order valence-electron chi connectivity index (χ2n) is 5.16.